The lowest BCUT2D eigenvalue weighted by Crippen LogP contribution is -2.27. The van der Waals surface area contributed by atoms with Crippen LogP contribution in [0.3, 0.4) is 0 Å². The van der Waals surface area contributed by atoms with E-state index in [0.29, 0.717) is 16.9 Å². The summed E-state index contributed by atoms with van der Waals surface area (Å²) in [5.74, 6) is 1.43. The Kier molecular flexibility index (Phi) is 4.91. The number of nitrogens with one attached hydrogen (secondary N) is 1. The van der Waals surface area contributed by atoms with Crippen LogP contribution in [0, 0.1) is 5.92 Å². The number of anilines is 1. The van der Waals surface area contributed by atoms with Gasteiger partial charge in [-0.15, -0.1) is 5.10 Å². The highest BCUT2D eigenvalue weighted by atomic mass is 32.1. The van der Waals surface area contributed by atoms with Gasteiger partial charge in [-0.05, 0) is 37.2 Å². The van der Waals surface area contributed by atoms with Gasteiger partial charge in [-0.25, -0.2) is 0 Å². The number of rotatable bonds is 5. The molecular weight excluding hydrogens is 268 g/mol. The standard InChI is InChI=1S/C15H24N4S/c1-4-10-11(5-2)18-19-15(13(10)14(16)20)17-12-8-6-7-9(12)3/h9,12H,4-8H2,1-3H3,(H2,16,20)(H,17,19). The van der Waals surface area contributed by atoms with E-state index in [1.807, 2.05) is 0 Å². The third-order valence-electron chi connectivity index (χ3n) is 4.28. The molecule has 1 saturated carbocycles. The van der Waals surface area contributed by atoms with Crippen molar-refractivity contribution in [1.29, 1.82) is 0 Å². The molecule has 0 amide bonds. The van der Waals surface area contributed by atoms with Crippen LogP contribution >= 0.6 is 12.2 Å². The molecule has 0 aromatic carbocycles. The minimum atomic E-state index is 0.416. The van der Waals surface area contributed by atoms with Crippen molar-refractivity contribution in [2.45, 2.75) is 58.9 Å². The fraction of sp³-hybridized carbons (Fsp3) is 0.667. The van der Waals surface area contributed by atoms with Crippen LogP contribution in [0.2, 0.25) is 0 Å². The molecule has 2 unspecified atom stereocenters. The van der Waals surface area contributed by atoms with Crippen molar-refractivity contribution in [2.24, 2.45) is 11.7 Å². The lowest BCUT2D eigenvalue weighted by Gasteiger charge is -2.21. The maximum Gasteiger partial charge on any atom is 0.159 e. The Labute approximate surface area is 126 Å². The quantitative estimate of drug-likeness (QED) is 0.817. The Bertz CT molecular complexity index is 501. The molecule has 1 aromatic heterocycles. The van der Waals surface area contributed by atoms with Gasteiger partial charge in [0.05, 0.1) is 11.3 Å². The van der Waals surface area contributed by atoms with Crippen molar-refractivity contribution in [3.8, 4) is 0 Å². The smallest absolute Gasteiger partial charge is 0.159 e. The van der Waals surface area contributed by atoms with E-state index in [4.69, 9.17) is 18.0 Å². The molecule has 2 atom stereocenters. The van der Waals surface area contributed by atoms with Gasteiger partial charge in [-0.2, -0.15) is 5.10 Å². The van der Waals surface area contributed by atoms with Gasteiger partial charge < -0.3 is 11.1 Å². The van der Waals surface area contributed by atoms with Gasteiger partial charge >= 0.3 is 0 Å². The van der Waals surface area contributed by atoms with Crippen LogP contribution in [0.15, 0.2) is 0 Å². The SMILES string of the molecule is CCc1nnc(NC2CCCC2C)c(C(N)=S)c1CC. The zero-order chi connectivity index (χ0) is 14.7. The molecule has 0 radical (unpaired) electrons. The van der Waals surface area contributed by atoms with Crippen LogP contribution in [0.4, 0.5) is 5.82 Å². The Morgan fingerprint density at radius 2 is 2.05 bits per heavy atom. The summed E-state index contributed by atoms with van der Waals surface area (Å²) in [6.07, 6.45) is 5.44. The van der Waals surface area contributed by atoms with E-state index in [-0.39, 0.29) is 0 Å². The molecule has 20 heavy (non-hydrogen) atoms. The van der Waals surface area contributed by atoms with Gasteiger partial charge in [-0.3, -0.25) is 0 Å². The topological polar surface area (TPSA) is 63.8 Å². The molecule has 5 heteroatoms. The van der Waals surface area contributed by atoms with E-state index >= 15 is 0 Å². The van der Waals surface area contributed by atoms with Crippen LogP contribution in [0.1, 0.15) is 56.9 Å². The molecule has 0 aliphatic heterocycles. The fourth-order valence-electron chi connectivity index (χ4n) is 3.07. The molecule has 0 bridgehead atoms. The predicted molar refractivity (Wildman–Crippen MR) is 87.1 cm³/mol. The molecule has 1 aromatic rings. The van der Waals surface area contributed by atoms with Crippen molar-refractivity contribution >= 4 is 23.0 Å². The summed E-state index contributed by atoms with van der Waals surface area (Å²) in [4.78, 5) is 0.416. The Hall–Kier alpha value is -1.23. The average Bonchev–Trinajstić information content (AvgIpc) is 2.83. The van der Waals surface area contributed by atoms with E-state index in [0.717, 1.165) is 35.5 Å². The zero-order valence-electron chi connectivity index (χ0n) is 12.6. The van der Waals surface area contributed by atoms with Crippen LogP contribution in [-0.2, 0) is 12.8 Å². The number of thiocarbonyl (C=S) groups is 1. The molecule has 2 rings (SSSR count). The van der Waals surface area contributed by atoms with Crippen molar-refractivity contribution in [2.75, 3.05) is 5.32 Å². The Balaban J connectivity index is 2.39. The van der Waals surface area contributed by atoms with Crippen molar-refractivity contribution < 1.29 is 0 Å². The van der Waals surface area contributed by atoms with E-state index in [2.05, 4.69) is 36.3 Å². The minimum absolute atomic E-state index is 0.416. The first kappa shape index (κ1) is 15.2. The van der Waals surface area contributed by atoms with Gasteiger partial charge in [0.1, 0.15) is 4.99 Å². The maximum absolute atomic E-state index is 5.95. The molecule has 1 heterocycles. The van der Waals surface area contributed by atoms with Gasteiger partial charge in [-0.1, -0.05) is 39.4 Å². The van der Waals surface area contributed by atoms with E-state index < -0.39 is 0 Å². The average molecular weight is 292 g/mol. The zero-order valence-corrected chi connectivity index (χ0v) is 13.4. The van der Waals surface area contributed by atoms with Gasteiger partial charge in [0.2, 0.25) is 0 Å². The molecule has 110 valence electrons. The highest BCUT2D eigenvalue weighted by molar-refractivity contribution is 7.80. The Morgan fingerprint density at radius 3 is 2.55 bits per heavy atom. The molecule has 1 fully saturated rings. The summed E-state index contributed by atoms with van der Waals surface area (Å²) < 4.78 is 0. The first-order valence-electron chi connectivity index (χ1n) is 7.53. The number of aryl methyl sites for hydroxylation is 1. The first-order valence-corrected chi connectivity index (χ1v) is 7.94. The van der Waals surface area contributed by atoms with Crippen LogP contribution in [0.5, 0.6) is 0 Å². The molecule has 0 saturated heterocycles. The number of hydrogen-bond acceptors (Lipinski definition) is 4. The fourth-order valence-corrected chi connectivity index (χ4v) is 3.29. The van der Waals surface area contributed by atoms with Crippen LogP contribution in [-0.4, -0.2) is 21.2 Å². The van der Waals surface area contributed by atoms with Crippen molar-refractivity contribution in [3.63, 3.8) is 0 Å². The van der Waals surface area contributed by atoms with Gasteiger partial charge in [0.25, 0.3) is 0 Å². The lowest BCUT2D eigenvalue weighted by molar-refractivity contribution is 0.553. The molecular formula is C15H24N4S. The van der Waals surface area contributed by atoms with E-state index in [1.54, 1.807) is 0 Å². The summed E-state index contributed by atoms with van der Waals surface area (Å²) in [6, 6.07) is 0.453. The van der Waals surface area contributed by atoms with E-state index in [1.165, 1.54) is 19.3 Å². The molecule has 1 aliphatic carbocycles. The highest BCUT2D eigenvalue weighted by Crippen LogP contribution is 2.29. The largest absolute Gasteiger partial charge is 0.389 e. The van der Waals surface area contributed by atoms with Crippen molar-refractivity contribution in [1.82, 2.24) is 10.2 Å². The summed E-state index contributed by atoms with van der Waals surface area (Å²) >= 11 is 5.25. The lowest BCUT2D eigenvalue weighted by atomic mass is 10.0. The number of nitrogens with zero attached hydrogens (tertiary/aromatic N) is 2. The Morgan fingerprint density at radius 1 is 1.30 bits per heavy atom. The molecule has 1 aliphatic rings. The third kappa shape index (κ3) is 2.92. The molecule has 4 nitrogen and oxygen atoms in total. The van der Waals surface area contributed by atoms with Gasteiger partial charge in [0.15, 0.2) is 5.82 Å². The number of hydrogen-bond donors (Lipinski definition) is 2. The maximum atomic E-state index is 5.95. The molecule has 3 N–H and O–H groups in total. The second-order valence-electron chi connectivity index (χ2n) is 5.58. The van der Waals surface area contributed by atoms with Crippen LogP contribution < -0.4 is 11.1 Å². The second-order valence-corrected chi connectivity index (χ2v) is 6.02. The van der Waals surface area contributed by atoms with Gasteiger partial charge in [0, 0.05) is 6.04 Å². The first-order chi connectivity index (χ1) is 9.58. The summed E-state index contributed by atoms with van der Waals surface area (Å²) in [7, 11) is 0. The summed E-state index contributed by atoms with van der Waals surface area (Å²) in [6.45, 7) is 6.47. The van der Waals surface area contributed by atoms with E-state index in [9.17, 15) is 0 Å². The summed E-state index contributed by atoms with van der Waals surface area (Å²) in [5, 5.41) is 12.2. The minimum Gasteiger partial charge on any atom is -0.389 e. The number of aromatic nitrogens is 2. The highest BCUT2D eigenvalue weighted by Gasteiger charge is 2.26. The van der Waals surface area contributed by atoms with Crippen molar-refractivity contribution in [3.05, 3.63) is 16.8 Å². The normalized spacial score (nSPS) is 21.9. The summed E-state index contributed by atoms with van der Waals surface area (Å²) in [5.41, 5.74) is 8.99. The monoisotopic (exact) mass is 292 g/mol. The second kappa shape index (κ2) is 6.48. The predicted octanol–water partition coefficient (Wildman–Crippen LogP) is 2.84. The third-order valence-corrected chi connectivity index (χ3v) is 4.48. The number of nitrogens with two attached hydrogens (primary N) is 1. The molecule has 0 spiro atoms. The van der Waals surface area contributed by atoms with Crippen LogP contribution in [0.25, 0.3) is 0 Å².